The molecule has 0 unspecified atom stereocenters. The van der Waals surface area contributed by atoms with Crippen LogP contribution in [-0.4, -0.2) is 14.4 Å². The minimum atomic E-state index is 0.907. The highest BCUT2D eigenvalue weighted by Gasteiger charge is 2.07. The van der Waals surface area contributed by atoms with Gasteiger partial charge in [0.05, 0.1) is 11.7 Å². The van der Waals surface area contributed by atoms with Crippen LogP contribution in [0.15, 0.2) is 53.5 Å². The third-order valence-electron chi connectivity index (χ3n) is 2.44. The molecule has 3 nitrogen and oxygen atoms in total. The second kappa shape index (κ2) is 3.72. The number of hydrogen-bond acceptors (Lipinski definition) is 2. The summed E-state index contributed by atoms with van der Waals surface area (Å²) in [4.78, 5) is 8.52. The standard InChI is InChI=1S/C12H8BrN3/c13-10-4-2-6-16-11(10)8-15-12(16)9-3-1-5-14-7-9/h1-8H. The van der Waals surface area contributed by atoms with Gasteiger partial charge in [0.25, 0.3) is 0 Å². The molecule has 0 bridgehead atoms. The van der Waals surface area contributed by atoms with Crippen LogP contribution >= 0.6 is 15.9 Å². The van der Waals surface area contributed by atoms with Crippen LogP contribution < -0.4 is 0 Å². The summed E-state index contributed by atoms with van der Waals surface area (Å²) in [6, 6.07) is 7.90. The topological polar surface area (TPSA) is 30.2 Å². The van der Waals surface area contributed by atoms with E-state index >= 15 is 0 Å². The van der Waals surface area contributed by atoms with E-state index in [1.807, 2.05) is 47.3 Å². The molecular formula is C12H8BrN3. The predicted molar refractivity (Wildman–Crippen MR) is 66.1 cm³/mol. The van der Waals surface area contributed by atoms with Crippen molar-refractivity contribution < 1.29 is 0 Å². The molecule has 0 amide bonds. The molecule has 4 heteroatoms. The molecule has 3 rings (SSSR count). The molecule has 3 heterocycles. The Kier molecular flexibility index (Phi) is 2.22. The third-order valence-corrected chi connectivity index (χ3v) is 3.11. The van der Waals surface area contributed by atoms with E-state index in [0.717, 1.165) is 21.4 Å². The molecule has 0 spiro atoms. The smallest absolute Gasteiger partial charge is 0.146 e. The molecule has 0 fully saturated rings. The molecule has 3 aromatic heterocycles. The average molecular weight is 274 g/mol. The zero-order valence-electron chi connectivity index (χ0n) is 8.34. The maximum atomic E-state index is 4.42. The van der Waals surface area contributed by atoms with E-state index in [1.54, 1.807) is 6.20 Å². The molecule has 0 aromatic carbocycles. The molecule has 0 atom stereocenters. The number of halogens is 1. The molecule has 16 heavy (non-hydrogen) atoms. The quantitative estimate of drug-likeness (QED) is 0.682. The van der Waals surface area contributed by atoms with Gasteiger partial charge in [-0.25, -0.2) is 4.98 Å². The fourth-order valence-corrected chi connectivity index (χ4v) is 2.14. The van der Waals surface area contributed by atoms with Gasteiger partial charge in [0.15, 0.2) is 0 Å². The van der Waals surface area contributed by atoms with Gasteiger partial charge in [0, 0.05) is 28.6 Å². The van der Waals surface area contributed by atoms with Gasteiger partial charge in [-0.1, -0.05) is 0 Å². The second-order valence-electron chi connectivity index (χ2n) is 3.43. The molecule has 0 radical (unpaired) electrons. The number of nitrogens with zero attached hydrogens (tertiary/aromatic N) is 3. The molecule has 78 valence electrons. The zero-order valence-corrected chi connectivity index (χ0v) is 9.92. The van der Waals surface area contributed by atoms with E-state index in [0.29, 0.717) is 0 Å². The van der Waals surface area contributed by atoms with Crippen LogP contribution in [0.4, 0.5) is 0 Å². The Morgan fingerprint density at radius 1 is 1.12 bits per heavy atom. The van der Waals surface area contributed by atoms with Crippen LogP contribution in [-0.2, 0) is 0 Å². The zero-order chi connectivity index (χ0) is 11.0. The first-order valence-electron chi connectivity index (χ1n) is 4.88. The van der Waals surface area contributed by atoms with Crippen LogP contribution in [0.2, 0.25) is 0 Å². The predicted octanol–water partition coefficient (Wildman–Crippen LogP) is 3.16. The van der Waals surface area contributed by atoms with E-state index < -0.39 is 0 Å². The average Bonchev–Trinajstić information content (AvgIpc) is 2.75. The van der Waals surface area contributed by atoms with Crippen LogP contribution in [0.3, 0.4) is 0 Å². The minimum absolute atomic E-state index is 0.907. The number of pyridine rings is 2. The van der Waals surface area contributed by atoms with Crippen molar-refractivity contribution >= 4 is 21.4 Å². The Hall–Kier alpha value is -1.68. The molecule has 0 aliphatic carbocycles. The van der Waals surface area contributed by atoms with E-state index in [2.05, 4.69) is 25.9 Å². The highest BCUT2D eigenvalue weighted by Crippen LogP contribution is 2.23. The molecule has 3 aromatic rings. The molecule has 0 aliphatic heterocycles. The maximum absolute atomic E-state index is 4.42. The van der Waals surface area contributed by atoms with Crippen LogP contribution in [0.1, 0.15) is 0 Å². The summed E-state index contributed by atoms with van der Waals surface area (Å²) in [5.74, 6) is 0.907. The number of rotatable bonds is 1. The molecule has 0 aliphatic rings. The SMILES string of the molecule is Brc1cccn2c(-c3cccnc3)ncc12. The number of fused-ring (bicyclic) bond motifs is 1. The highest BCUT2D eigenvalue weighted by atomic mass is 79.9. The molecule has 0 N–H and O–H groups in total. The Morgan fingerprint density at radius 2 is 2.06 bits per heavy atom. The van der Waals surface area contributed by atoms with Gasteiger partial charge in [-0.3, -0.25) is 9.38 Å². The largest absolute Gasteiger partial charge is 0.299 e. The third kappa shape index (κ3) is 1.42. The lowest BCUT2D eigenvalue weighted by Crippen LogP contribution is -1.89. The maximum Gasteiger partial charge on any atom is 0.146 e. The van der Waals surface area contributed by atoms with Crippen molar-refractivity contribution in [1.82, 2.24) is 14.4 Å². The normalized spacial score (nSPS) is 10.8. The Labute approximate surface area is 101 Å². The Balaban J connectivity index is 2.30. The molecule has 0 saturated heterocycles. The fraction of sp³-hybridized carbons (Fsp3) is 0. The van der Waals surface area contributed by atoms with Crippen molar-refractivity contribution in [3.63, 3.8) is 0 Å². The van der Waals surface area contributed by atoms with Crippen molar-refractivity contribution in [1.29, 1.82) is 0 Å². The number of aromatic nitrogens is 3. The van der Waals surface area contributed by atoms with Gasteiger partial charge in [0.2, 0.25) is 0 Å². The second-order valence-corrected chi connectivity index (χ2v) is 4.29. The van der Waals surface area contributed by atoms with Gasteiger partial charge in [0.1, 0.15) is 5.82 Å². The summed E-state index contributed by atoms with van der Waals surface area (Å²) < 4.78 is 3.08. The van der Waals surface area contributed by atoms with E-state index in [-0.39, 0.29) is 0 Å². The fourth-order valence-electron chi connectivity index (χ4n) is 1.70. The van der Waals surface area contributed by atoms with Crippen LogP contribution in [0.25, 0.3) is 16.9 Å². The first kappa shape index (κ1) is 9.54. The van der Waals surface area contributed by atoms with Crippen molar-refractivity contribution in [3.05, 3.63) is 53.5 Å². The minimum Gasteiger partial charge on any atom is -0.299 e. The first-order chi connectivity index (χ1) is 7.86. The summed E-state index contributed by atoms with van der Waals surface area (Å²) in [5, 5.41) is 0. The summed E-state index contributed by atoms with van der Waals surface area (Å²) >= 11 is 3.51. The lowest BCUT2D eigenvalue weighted by molar-refractivity contribution is 1.15. The van der Waals surface area contributed by atoms with Crippen LogP contribution in [0.5, 0.6) is 0 Å². The van der Waals surface area contributed by atoms with E-state index in [4.69, 9.17) is 0 Å². The van der Waals surface area contributed by atoms with Crippen molar-refractivity contribution in [2.45, 2.75) is 0 Å². The number of imidazole rings is 1. The summed E-state index contributed by atoms with van der Waals surface area (Å²) in [6.45, 7) is 0. The van der Waals surface area contributed by atoms with Gasteiger partial charge in [-0.05, 0) is 40.2 Å². The van der Waals surface area contributed by atoms with Gasteiger partial charge >= 0.3 is 0 Å². The molecular weight excluding hydrogens is 266 g/mol. The summed E-state index contributed by atoms with van der Waals surface area (Å²) in [5.41, 5.74) is 2.07. The van der Waals surface area contributed by atoms with Crippen LogP contribution in [0, 0.1) is 0 Å². The highest BCUT2D eigenvalue weighted by molar-refractivity contribution is 9.10. The Bertz CT molecular complexity index is 631. The van der Waals surface area contributed by atoms with Gasteiger partial charge in [-0.15, -0.1) is 0 Å². The van der Waals surface area contributed by atoms with Gasteiger partial charge in [-0.2, -0.15) is 0 Å². The van der Waals surface area contributed by atoms with Crippen molar-refractivity contribution in [3.8, 4) is 11.4 Å². The lowest BCUT2D eigenvalue weighted by atomic mass is 10.3. The van der Waals surface area contributed by atoms with E-state index in [1.165, 1.54) is 0 Å². The van der Waals surface area contributed by atoms with Gasteiger partial charge < -0.3 is 0 Å². The van der Waals surface area contributed by atoms with Crippen molar-refractivity contribution in [2.24, 2.45) is 0 Å². The monoisotopic (exact) mass is 273 g/mol. The first-order valence-corrected chi connectivity index (χ1v) is 5.67. The van der Waals surface area contributed by atoms with E-state index in [9.17, 15) is 0 Å². The lowest BCUT2D eigenvalue weighted by Gasteiger charge is -2.01. The summed E-state index contributed by atoms with van der Waals surface area (Å²) in [7, 11) is 0. The summed E-state index contributed by atoms with van der Waals surface area (Å²) in [6.07, 6.45) is 7.42. The molecule has 0 saturated carbocycles. The number of hydrogen-bond donors (Lipinski definition) is 0. The Morgan fingerprint density at radius 3 is 2.88 bits per heavy atom. The van der Waals surface area contributed by atoms with Crippen molar-refractivity contribution in [2.75, 3.05) is 0 Å².